The van der Waals surface area contributed by atoms with Crippen molar-refractivity contribution >= 4 is 23.7 Å². The molecule has 2 aromatic carbocycles. The van der Waals surface area contributed by atoms with E-state index in [1.165, 1.54) is 17.2 Å². The highest BCUT2D eigenvalue weighted by atomic mass is 19.1. The molecule has 1 aliphatic carbocycles. The van der Waals surface area contributed by atoms with E-state index in [9.17, 15) is 13.7 Å². The minimum absolute atomic E-state index is 0.174. The third-order valence-electron chi connectivity index (χ3n) is 5.76. The number of fused-ring (bicyclic) bond motifs is 1. The number of aryl methyl sites for hydroxylation is 2. The van der Waals surface area contributed by atoms with Gasteiger partial charge in [0.05, 0.1) is 12.9 Å². The number of anilines is 1. The summed E-state index contributed by atoms with van der Waals surface area (Å²) in [6.45, 7) is 7.39. The molecule has 156 valence electrons. The van der Waals surface area contributed by atoms with Gasteiger partial charge >= 0.3 is 0 Å². The molecule has 0 amide bonds. The number of hydrogen-bond donors (Lipinski definition) is 1. The van der Waals surface area contributed by atoms with E-state index in [2.05, 4.69) is 17.8 Å². The molecule has 0 unspecified atom stereocenters. The number of halogens is 2. The predicted molar refractivity (Wildman–Crippen MR) is 122 cm³/mol. The molecule has 0 atom stereocenters. The van der Waals surface area contributed by atoms with Gasteiger partial charge in [0.2, 0.25) is 0 Å². The average molecular weight is 408 g/mol. The molecule has 0 aliphatic heterocycles. The molecule has 0 saturated carbocycles. The van der Waals surface area contributed by atoms with Crippen molar-refractivity contribution in [2.45, 2.75) is 39.5 Å². The van der Waals surface area contributed by atoms with Crippen LogP contribution in [0.3, 0.4) is 0 Å². The van der Waals surface area contributed by atoms with Gasteiger partial charge < -0.3 is 5.73 Å². The Labute approximate surface area is 175 Å². The van der Waals surface area contributed by atoms with Gasteiger partial charge in [-0.3, -0.25) is 0 Å². The Kier molecular flexibility index (Phi) is 6.60. The van der Waals surface area contributed by atoms with Gasteiger partial charge in [0, 0.05) is 22.0 Å². The van der Waals surface area contributed by atoms with Crippen molar-refractivity contribution in [1.29, 1.82) is 0 Å². The molecule has 0 spiro atoms. The minimum Gasteiger partial charge on any atom is -0.398 e. The molecule has 0 bridgehead atoms. The summed E-state index contributed by atoms with van der Waals surface area (Å²) < 4.78 is 27.7. The van der Waals surface area contributed by atoms with E-state index >= 15 is 0 Å². The summed E-state index contributed by atoms with van der Waals surface area (Å²) in [5.74, 6) is -0.669. The second kappa shape index (κ2) is 9.16. The predicted octanol–water partition coefficient (Wildman–Crippen LogP) is 5.26. The second-order valence-corrected chi connectivity index (χ2v) is 7.58. The zero-order chi connectivity index (χ0) is 21.8. The van der Waals surface area contributed by atoms with Crippen molar-refractivity contribution in [2.24, 2.45) is 5.18 Å². The minimum atomic E-state index is -0.669. The van der Waals surface area contributed by atoms with Crippen LogP contribution in [0, 0.1) is 11.8 Å². The maximum Gasteiger partial charge on any atom is 0.116 e. The number of nitrogens with two attached hydrogens (primary N) is 1. The number of nitrogens with zero attached hydrogens (tertiary/aromatic N) is 1. The zero-order valence-corrected chi connectivity index (χ0v) is 17.4. The van der Waals surface area contributed by atoms with E-state index in [0.717, 1.165) is 35.1 Å². The fraction of sp³-hybridized carbons (Fsp3) is 0.280. The summed E-state index contributed by atoms with van der Waals surface area (Å²) in [7, 11) is 0. The first-order valence-electron chi connectivity index (χ1n) is 10.1. The molecule has 1 aliphatic rings. The monoisotopic (exact) mass is 408 g/mol. The third-order valence-corrected chi connectivity index (χ3v) is 5.76. The molecule has 3 nitrogen and oxygen atoms in total. The molecule has 30 heavy (non-hydrogen) atoms. The highest BCUT2D eigenvalue weighted by Crippen LogP contribution is 2.41. The summed E-state index contributed by atoms with van der Waals surface area (Å²) in [6.07, 6.45) is 6.72. The van der Waals surface area contributed by atoms with E-state index in [-0.39, 0.29) is 11.8 Å². The smallest absolute Gasteiger partial charge is 0.116 e. The van der Waals surface area contributed by atoms with E-state index in [0.29, 0.717) is 35.6 Å². The lowest BCUT2D eigenvalue weighted by atomic mass is 9.87. The van der Waals surface area contributed by atoms with Crippen LogP contribution in [0.4, 0.5) is 14.5 Å². The van der Waals surface area contributed by atoms with Gasteiger partial charge in [0.25, 0.3) is 0 Å². The maximum absolute atomic E-state index is 13.9. The molecule has 3 rings (SSSR count). The van der Waals surface area contributed by atoms with E-state index < -0.39 is 5.83 Å². The van der Waals surface area contributed by atoms with E-state index in [1.54, 1.807) is 6.07 Å². The van der Waals surface area contributed by atoms with Crippen molar-refractivity contribution < 1.29 is 8.78 Å². The van der Waals surface area contributed by atoms with Crippen molar-refractivity contribution in [1.82, 2.24) is 0 Å². The Hall–Kier alpha value is -3.08. The van der Waals surface area contributed by atoms with Crippen LogP contribution in [-0.2, 0) is 12.8 Å². The van der Waals surface area contributed by atoms with Crippen LogP contribution in [-0.4, -0.2) is 6.54 Å². The molecule has 0 saturated heterocycles. The van der Waals surface area contributed by atoms with Gasteiger partial charge in [-0.1, -0.05) is 30.0 Å². The van der Waals surface area contributed by atoms with Gasteiger partial charge in [-0.05, 0) is 84.7 Å². The first kappa shape index (κ1) is 21.6. The molecule has 2 aromatic rings. The van der Waals surface area contributed by atoms with Crippen molar-refractivity contribution in [2.75, 3.05) is 12.3 Å². The normalized spacial score (nSPS) is 15.7. The van der Waals surface area contributed by atoms with Crippen molar-refractivity contribution in [3.05, 3.63) is 74.3 Å². The number of benzene rings is 2. The van der Waals surface area contributed by atoms with Crippen LogP contribution in [0.1, 0.15) is 42.0 Å². The van der Waals surface area contributed by atoms with Crippen molar-refractivity contribution in [3.63, 3.8) is 0 Å². The largest absolute Gasteiger partial charge is 0.398 e. The second-order valence-electron chi connectivity index (χ2n) is 7.58. The van der Waals surface area contributed by atoms with Gasteiger partial charge in [-0.2, -0.15) is 4.91 Å². The Morgan fingerprint density at radius 1 is 1.30 bits per heavy atom. The summed E-state index contributed by atoms with van der Waals surface area (Å²) in [4.78, 5) is 10.6. The molecule has 0 radical (unpaired) electrons. The summed E-state index contributed by atoms with van der Waals surface area (Å²) >= 11 is 0. The number of nitroso groups, excluding NO2 is 1. The molecular weight excluding hydrogens is 382 g/mol. The molecule has 0 aromatic heterocycles. The summed E-state index contributed by atoms with van der Waals surface area (Å²) in [6, 6.07) is 5.66. The lowest BCUT2D eigenvalue weighted by molar-refractivity contribution is 0.684. The highest BCUT2D eigenvalue weighted by Gasteiger charge is 2.23. The van der Waals surface area contributed by atoms with E-state index in [4.69, 9.17) is 5.73 Å². The Bertz CT molecular complexity index is 1160. The quantitative estimate of drug-likeness (QED) is 0.402. The number of hydrogen-bond acceptors (Lipinski definition) is 3. The Morgan fingerprint density at radius 3 is 2.70 bits per heavy atom. The topological polar surface area (TPSA) is 55.4 Å². The average Bonchev–Trinajstić information content (AvgIpc) is 3.14. The van der Waals surface area contributed by atoms with Crippen LogP contribution in [0.15, 0.2) is 41.9 Å². The van der Waals surface area contributed by atoms with Gasteiger partial charge in [-0.25, -0.2) is 8.78 Å². The van der Waals surface area contributed by atoms with Crippen LogP contribution < -0.4 is 16.2 Å². The zero-order valence-electron chi connectivity index (χ0n) is 17.4. The summed E-state index contributed by atoms with van der Waals surface area (Å²) in [5.41, 5.74) is 13.8. The molecule has 5 heteroatoms. The van der Waals surface area contributed by atoms with Gasteiger partial charge in [0.1, 0.15) is 5.83 Å². The number of nitrogen functional groups attached to an aromatic ring is 1. The highest BCUT2D eigenvalue weighted by molar-refractivity contribution is 5.91. The molecule has 0 fully saturated rings. The molecule has 2 N–H and O–H groups in total. The van der Waals surface area contributed by atoms with Gasteiger partial charge in [0.15, 0.2) is 0 Å². The fourth-order valence-electron chi connectivity index (χ4n) is 4.41. The van der Waals surface area contributed by atoms with Crippen LogP contribution in [0.25, 0.3) is 29.1 Å². The lowest BCUT2D eigenvalue weighted by Crippen LogP contribution is -2.29. The van der Waals surface area contributed by atoms with Crippen LogP contribution in [0.2, 0.25) is 0 Å². The fourth-order valence-corrected chi connectivity index (χ4v) is 4.41. The number of rotatable bonds is 6. The van der Waals surface area contributed by atoms with Crippen molar-refractivity contribution in [3.8, 4) is 11.1 Å². The summed E-state index contributed by atoms with van der Waals surface area (Å²) in [5, 5.41) is 3.61. The van der Waals surface area contributed by atoms with Crippen LogP contribution in [0.5, 0.6) is 0 Å². The standard InChI is InChI=1S/C25H26F2N2O/c1-4-17-7-8-18-9-10-21(25(28)23(17)18)24-20(6-5-11-29-30)15(2)12-19(14-26)22(24)13-16(3)27/h4,9-10,12-14H,3,5-8,11,28H2,1-2H3/b17-4-,19-14-,22-13+. The Balaban J connectivity index is 2.42. The number of allylic oxidation sites excluding steroid dienone is 3. The maximum atomic E-state index is 13.9. The van der Waals surface area contributed by atoms with Crippen LogP contribution >= 0.6 is 0 Å². The third kappa shape index (κ3) is 3.97. The van der Waals surface area contributed by atoms with E-state index in [1.807, 2.05) is 26.0 Å². The first-order valence-corrected chi connectivity index (χ1v) is 10.1. The lowest BCUT2D eigenvalue weighted by Gasteiger charge is -2.18. The first-order chi connectivity index (χ1) is 14.4. The molecular formula is C25H26F2N2O. The van der Waals surface area contributed by atoms with Gasteiger partial charge in [-0.15, -0.1) is 0 Å². The molecule has 0 heterocycles. The Morgan fingerprint density at radius 2 is 2.07 bits per heavy atom. The SMILES string of the molecule is C=C(F)/C=c1/c(-c2ccc3c(c2N)/C(=C\C)CC3)c(CCCN=O)c(C)c/c1=C/F.